The molecule has 3 aromatic rings. The number of rotatable bonds is 10. The van der Waals surface area contributed by atoms with Crippen LogP contribution in [0, 0.1) is 5.92 Å². The quantitative estimate of drug-likeness (QED) is 0.258. The van der Waals surface area contributed by atoms with Gasteiger partial charge in [0.1, 0.15) is 0 Å². The number of amides is 2. The van der Waals surface area contributed by atoms with Crippen LogP contribution in [0.25, 0.3) is 0 Å². The van der Waals surface area contributed by atoms with Gasteiger partial charge in [-0.1, -0.05) is 54.9 Å². The Morgan fingerprint density at radius 3 is 2.54 bits per heavy atom. The summed E-state index contributed by atoms with van der Waals surface area (Å²) in [4.78, 5) is 37.3. The zero-order valence-electron chi connectivity index (χ0n) is 20.7. The van der Waals surface area contributed by atoms with E-state index in [1.165, 1.54) is 17.8 Å². The molecule has 2 N–H and O–H groups in total. The lowest BCUT2D eigenvalue weighted by molar-refractivity contribution is -0.113. The zero-order valence-corrected chi connectivity index (χ0v) is 23.1. The molecule has 0 spiro atoms. The number of ether oxygens (including phenoxy) is 1. The Morgan fingerprint density at radius 2 is 1.86 bits per heavy atom. The molecular weight excluding hydrogens is 537 g/mol. The van der Waals surface area contributed by atoms with Gasteiger partial charge in [-0.15, -0.1) is 10.2 Å². The molecule has 37 heavy (non-hydrogen) atoms. The maximum Gasteiger partial charge on any atom is 0.338 e. The Morgan fingerprint density at radius 1 is 1.11 bits per heavy atom. The van der Waals surface area contributed by atoms with Crippen molar-refractivity contribution in [2.45, 2.75) is 32.0 Å². The van der Waals surface area contributed by atoms with Gasteiger partial charge in [0, 0.05) is 17.8 Å². The molecule has 12 heteroatoms. The second kappa shape index (κ2) is 12.9. The summed E-state index contributed by atoms with van der Waals surface area (Å²) in [6.07, 6.45) is 0. The normalized spacial score (nSPS) is 11.8. The third kappa shape index (κ3) is 7.47. The number of halogens is 2. The lowest BCUT2D eigenvalue weighted by Gasteiger charge is -2.22. The molecular formula is C25H27Cl2N5O4S. The van der Waals surface area contributed by atoms with Crippen molar-refractivity contribution in [2.75, 3.05) is 17.7 Å². The van der Waals surface area contributed by atoms with Crippen LogP contribution in [0.15, 0.2) is 47.6 Å². The number of nitrogens with one attached hydrogen (secondary N) is 2. The number of nitrogens with zero attached hydrogens (tertiary/aromatic N) is 3. The minimum absolute atomic E-state index is 0.00857. The fraction of sp³-hybridized carbons (Fsp3) is 0.320. The number of hydrogen-bond donors (Lipinski definition) is 2. The topological polar surface area (TPSA) is 115 Å². The van der Waals surface area contributed by atoms with Crippen molar-refractivity contribution in [1.29, 1.82) is 0 Å². The van der Waals surface area contributed by atoms with Crippen molar-refractivity contribution in [3.63, 3.8) is 0 Å². The van der Waals surface area contributed by atoms with E-state index >= 15 is 0 Å². The standard InChI is InChI=1S/C25H27Cl2N5O4S/c1-5-36-24(35)15-7-6-8-17(11-15)28-20(33)13-37-25-31-30-22(32(25)4)21(14(2)3)29-23(34)18-10-9-16(26)12-19(18)27/h6-12,14,21H,5,13H2,1-4H3,(H,28,33)(H,29,34)/t21-/m0/s1. The number of carbonyl (C=O) groups excluding carboxylic acids is 3. The Balaban J connectivity index is 1.65. The van der Waals surface area contributed by atoms with E-state index in [1.54, 1.807) is 54.9 Å². The predicted molar refractivity (Wildman–Crippen MR) is 144 cm³/mol. The molecule has 0 aliphatic rings. The first-order valence-electron chi connectivity index (χ1n) is 11.5. The monoisotopic (exact) mass is 563 g/mol. The molecule has 2 aromatic carbocycles. The largest absolute Gasteiger partial charge is 0.462 e. The Bertz CT molecular complexity index is 1300. The van der Waals surface area contributed by atoms with E-state index in [1.807, 2.05) is 13.8 Å². The predicted octanol–water partition coefficient (Wildman–Crippen LogP) is 5.16. The number of aromatic nitrogens is 3. The van der Waals surface area contributed by atoms with Crippen LogP contribution in [0.2, 0.25) is 10.0 Å². The van der Waals surface area contributed by atoms with Gasteiger partial charge in [-0.05, 0) is 49.2 Å². The molecule has 1 aromatic heterocycles. The summed E-state index contributed by atoms with van der Waals surface area (Å²) < 4.78 is 6.74. The highest BCUT2D eigenvalue weighted by Crippen LogP contribution is 2.26. The van der Waals surface area contributed by atoms with Gasteiger partial charge in [0.2, 0.25) is 5.91 Å². The molecule has 196 valence electrons. The van der Waals surface area contributed by atoms with Gasteiger partial charge in [-0.2, -0.15) is 0 Å². The molecule has 0 radical (unpaired) electrons. The summed E-state index contributed by atoms with van der Waals surface area (Å²) in [6.45, 7) is 5.90. The van der Waals surface area contributed by atoms with Gasteiger partial charge >= 0.3 is 5.97 Å². The number of thioether (sulfide) groups is 1. The van der Waals surface area contributed by atoms with Gasteiger partial charge in [0.15, 0.2) is 11.0 Å². The molecule has 9 nitrogen and oxygen atoms in total. The van der Waals surface area contributed by atoms with Crippen molar-refractivity contribution < 1.29 is 19.1 Å². The van der Waals surface area contributed by atoms with Crippen molar-refractivity contribution in [3.05, 3.63) is 69.5 Å². The average molecular weight is 564 g/mol. The summed E-state index contributed by atoms with van der Waals surface area (Å²) in [5.41, 5.74) is 1.14. The molecule has 0 aliphatic heterocycles. The van der Waals surface area contributed by atoms with E-state index in [0.29, 0.717) is 32.8 Å². The number of benzene rings is 2. The molecule has 0 fully saturated rings. The van der Waals surface area contributed by atoms with E-state index < -0.39 is 12.0 Å². The van der Waals surface area contributed by atoms with Crippen LogP contribution in [-0.2, 0) is 16.6 Å². The first kappa shape index (κ1) is 28.5. The first-order valence-corrected chi connectivity index (χ1v) is 13.2. The fourth-order valence-corrected chi connectivity index (χ4v) is 4.62. The summed E-state index contributed by atoms with van der Waals surface area (Å²) >= 11 is 13.3. The minimum atomic E-state index is -0.454. The van der Waals surface area contributed by atoms with Gasteiger partial charge < -0.3 is 19.9 Å². The second-order valence-electron chi connectivity index (χ2n) is 8.36. The molecule has 3 rings (SSSR count). The zero-order chi connectivity index (χ0) is 27.1. The summed E-state index contributed by atoms with van der Waals surface area (Å²) in [7, 11) is 1.77. The number of carbonyl (C=O) groups is 3. The Kier molecular flexibility index (Phi) is 9.96. The lowest BCUT2D eigenvalue weighted by Crippen LogP contribution is -2.33. The SMILES string of the molecule is CCOC(=O)c1cccc(NC(=O)CSc2nnc([C@@H](NC(=O)c3ccc(Cl)cc3Cl)C(C)C)n2C)c1. The summed E-state index contributed by atoms with van der Waals surface area (Å²) in [6, 6.07) is 10.8. The van der Waals surface area contributed by atoms with Crippen molar-refractivity contribution in [1.82, 2.24) is 20.1 Å². The van der Waals surface area contributed by atoms with E-state index in [9.17, 15) is 14.4 Å². The number of esters is 1. The highest BCUT2D eigenvalue weighted by atomic mass is 35.5. The van der Waals surface area contributed by atoms with Crippen molar-refractivity contribution in [2.24, 2.45) is 13.0 Å². The third-order valence-electron chi connectivity index (χ3n) is 5.27. The maximum absolute atomic E-state index is 12.9. The highest BCUT2D eigenvalue weighted by molar-refractivity contribution is 7.99. The molecule has 0 unspecified atom stereocenters. The summed E-state index contributed by atoms with van der Waals surface area (Å²) in [5.74, 6) is -0.494. The van der Waals surface area contributed by atoms with Crippen molar-refractivity contribution >= 4 is 58.4 Å². The van der Waals surface area contributed by atoms with E-state index in [-0.39, 0.29) is 35.1 Å². The highest BCUT2D eigenvalue weighted by Gasteiger charge is 2.26. The molecule has 0 saturated heterocycles. The number of hydrogen-bond acceptors (Lipinski definition) is 7. The van der Waals surface area contributed by atoms with Gasteiger partial charge in [0.25, 0.3) is 5.91 Å². The van der Waals surface area contributed by atoms with Gasteiger partial charge in [-0.25, -0.2) is 4.79 Å². The molecule has 0 bridgehead atoms. The molecule has 1 heterocycles. The molecule has 0 aliphatic carbocycles. The lowest BCUT2D eigenvalue weighted by atomic mass is 10.0. The summed E-state index contributed by atoms with van der Waals surface area (Å²) in [5, 5.41) is 15.4. The minimum Gasteiger partial charge on any atom is -0.462 e. The first-order chi connectivity index (χ1) is 17.6. The van der Waals surface area contributed by atoms with E-state index in [0.717, 1.165) is 0 Å². The van der Waals surface area contributed by atoms with Crippen LogP contribution in [0.5, 0.6) is 0 Å². The van der Waals surface area contributed by atoms with Crippen LogP contribution in [0.3, 0.4) is 0 Å². The van der Waals surface area contributed by atoms with Gasteiger partial charge in [-0.3, -0.25) is 9.59 Å². The Hall–Kier alpha value is -3.08. The van der Waals surface area contributed by atoms with Crippen LogP contribution < -0.4 is 10.6 Å². The second-order valence-corrected chi connectivity index (χ2v) is 10.1. The van der Waals surface area contributed by atoms with Crippen molar-refractivity contribution in [3.8, 4) is 0 Å². The molecule has 2 amide bonds. The smallest absolute Gasteiger partial charge is 0.338 e. The third-order valence-corrected chi connectivity index (χ3v) is 6.83. The van der Waals surface area contributed by atoms with E-state index in [4.69, 9.17) is 27.9 Å². The van der Waals surface area contributed by atoms with Crippen LogP contribution in [-0.4, -0.2) is 44.9 Å². The van der Waals surface area contributed by atoms with Crippen LogP contribution in [0.4, 0.5) is 5.69 Å². The van der Waals surface area contributed by atoms with Gasteiger partial charge in [0.05, 0.1) is 34.6 Å². The average Bonchev–Trinajstić information content (AvgIpc) is 3.21. The van der Waals surface area contributed by atoms with E-state index in [2.05, 4.69) is 20.8 Å². The number of anilines is 1. The maximum atomic E-state index is 12.9. The Labute approximate surface area is 229 Å². The molecule has 1 atom stereocenters. The fourth-order valence-electron chi connectivity index (χ4n) is 3.41. The molecule has 0 saturated carbocycles. The van der Waals surface area contributed by atoms with Crippen LogP contribution in [0.1, 0.15) is 53.4 Å². The van der Waals surface area contributed by atoms with Crippen LogP contribution >= 0.6 is 35.0 Å².